The van der Waals surface area contributed by atoms with E-state index < -0.39 is 5.97 Å². The largest absolute Gasteiger partial charge is 1.00 e. The molecule has 36 heavy (non-hydrogen) atoms. The normalized spacial score (nSPS) is 12.1. The molecular weight excluding hydrogens is 453 g/mol. The van der Waals surface area contributed by atoms with Crippen molar-refractivity contribution in [3.63, 3.8) is 0 Å². The Labute approximate surface area is 249 Å². The topological polar surface area (TPSA) is 43.4 Å². The average Bonchev–Trinajstić information content (AvgIpc) is 2.83. The first-order chi connectivity index (χ1) is 17.1. The van der Waals surface area contributed by atoms with Crippen LogP contribution in [0.25, 0.3) is 0 Å². The maximum absolute atomic E-state index is 11.1. The zero-order valence-corrected chi connectivity index (χ0v) is 27.4. The van der Waals surface area contributed by atoms with Crippen molar-refractivity contribution in [3.05, 3.63) is 0 Å². The van der Waals surface area contributed by atoms with Gasteiger partial charge in [0.05, 0.1) is 0 Å². The van der Waals surface area contributed by atoms with Crippen LogP contribution in [0.3, 0.4) is 0 Å². The van der Waals surface area contributed by atoms with Crippen LogP contribution in [0.4, 0.5) is 0 Å². The van der Waals surface area contributed by atoms with Crippen LogP contribution >= 0.6 is 0 Å². The van der Waals surface area contributed by atoms with Crippen LogP contribution in [-0.4, -0.2) is 30.0 Å². The van der Waals surface area contributed by atoms with E-state index in [9.17, 15) is 9.90 Å². The van der Waals surface area contributed by atoms with Crippen molar-refractivity contribution in [1.82, 2.24) is 4.90 Å². The first-order valence-electron chi connectivity index (χ1n) is 16.1. The summed E-state index contributed by atoms with van der Waals surface area (Å²) in [5.74, 6) is -0.910. The fraction of sp³-hybridized carbons (Fsp3) is 0.969. The van der Waals surface area contributed by atoms with Gasteiger partial charge < -0.3 is 14.8 Å². The molecule has 0 aliphatic carbocycles. The van der Waals surface area contributed by atoms with Gasteiger partial charge in [-0.05, 0) is 32.9 Å². The van der Waals surface area contributed by atoms with Crippen LogP contribution < -0.4 is 34.7 Å². The number of carboxylic acid groups (broad SMARTS) is 1. The van der Waals surface area contributed by atoms with Gasteiger partial charge in [0, 0.05) is 18.4 Å². The molecule has 0 amide bonds. The minimum absolute atomic E-state index is 0. The monoisotopic (exact) mass is 517 g/mol. The van der Waals surface area contributed by atoms with Gasteiger partial charge in [-0.15, -0.1) is 0 Å². The smallest absolute Gasteiger partial charge is 0.550 e. The molecular formula is C32H64NNaO2. The van der Waals surface area contributed by atoms with E-state index in [-0.39, 0.29) is 42.0 Å². The molecule has 0 aliphatic heterocycles. The Morgan fingerprint density at radius 1 is 0.528 bits per heavy atom. The molecule has 3 nitrogen and oxygen atoms in total. The van der Waals surface area contributed by atoms with Gasteiger partial charge in [-0.1, -0.05) is 155 Å². The standard InChI is InChI=1S/C32H65NO2.Na/c1-4-6-8-10-12-14-16-18-20-22-24-26-28-33(31(3)30-32(34)35)29-27-25-23-21-19-17-15-13-11-9-7-5-2;/h31H,4-30H2,1-3H3,(H,34,35);/q;+1/p-1. The zero-order chi connectivity index (χ0) is 25.8. The molecule has 0 saturated carbocycles. The van der Waals surface area contributed by atoms with E-state index in [1.54, 1.807) is 0 Å². The van der Waals surface area contributed by atoms with Crippen LogP contribution in [0.2, 0.25) is 0 Å². The molecule has 0 radical (unpaired) electrons. The van der Waals surface area contributed by atoms with Crippen molar-refractivity contribution >= 4 is 5.97 Å². The number of rotatable bonds is 29. The molecule has 0 N–H and O–H groups in total. The van der Waals surface area contributed by atoms with Gasteiger partial charge in [0.25, 0.3) is 0 Å². The fourth-order valence-corrected chi connectivity index (χ4v) is 5.23. The Bertz CT molecular complexity index is 404. The Morgan fingerprint density at radius 2 is 0.778 bits per heavy atom. The summed E-state index contributed by atoms with van der Waals surface area (Å²) in [6.45, 7) is 8.72. The van der Waals surface area contributed by atoms with Gasteiger partial charge in [0.15, 0.2) is 0 Å². The molecule has 0 bridgehead atoms. The number of nitrogens with zero attached hydrogens (tertiary/aromatic N) is 1. The van der Waals surface area contributed by atoms with Crippen LogP contribution in [0.15, 0.2) is 0 Å². The van der Waals surface area contributed by atoms with E-state index in [1.165, 1.54) is 154 Å². The molecule has 0 aromatic heterocycles. The molecule has 0 fully saturated rings. The van der Waals surface area contributed by atoms with Gasteiger partial charge in [-0.3, -0.25) is 0 Å². The first-order valence-corrected chi connectivity index (χ1v) is 16.1. The quantitative estimate of drug-likeness (QED) is 0.0873. The molecule has 4 heteroatoms. The van der Waals surface area contributed by atoms with Gasteiger partial charge in [0.2, 0.25) is 0 Å². The average molecular weight is 518 g/mol. The van der Waals surface area contributed by atoms with Crippen LogP contribution in [-0.2, 0) is 4.79 Å². The predicted molar refractivity (Wildman–Crippen MR) is 153 cm³/mol. The second-order valence-electron chi connectivity index (χ2n) is 11.2. The second-order valence-corrected chi connectivity index (χ2v) is 11.2. The number of hydrogen-bond acceptors (Lipinski definition) is 3. The Morgan fingerprint density at radius 3 is 1.03 bits per heavy atom. The molecule has 0 saturated heterocycles. The predicted octanol–water partition coefficient (Wildman–Crippen LogP) is 6.22. The van der Waals surface area contributed by atoms with Crippen LogP contribution in [0.5, 0.6) is 0 Å². The second kappa shape index (κ2) is 31.6. The van der Waals surface area contributed by atoms with Crippen LogP contribution in [0.1, 0.15) is 181 Å². The van der Waals surface area contributed by atoms with E-state index in [1.807, 2.05) is 0 Å². The minimum Gasteiger partial charge on any atom is -0.550 e. The van der Waals surface area contributed by atoms with E-state index >= 15 is 0 Å². The molecule has 1 unspecified atom stereocenters. The summed E-state index contributed by atoms with van der Waals surface area (Å²) in [5, 5.41) is 11.1. The maximum atomic E-state index is 11.1. The summed E-state index contributed by atoms with van der Waals surface area (Å²) in [5.41, 5.74) is 0. The molecule has 0 aliphatic rings. The Kier molecular flexibility index (Phi) is 33.9. The van der Waals surface area contributed by atoms with Gasteiger partial charge in [-0.25, -0.2) is 0 Å². The third kappa shape index (κ3) is 29.0. The molecule has 0 spiro atoms. The fourth-order valence-electron chi connectivity index (χ4n) is 5.23. The summed E-state index contributed by atoms with van der Waals surface area (Å²) in [6, 6.07) is 0.0976. The molecule has 210 valence electrons. The van der Waals surface area contributed by atoms with Crippen molar-refractivity contribution in [3.8, 4) is 0 Å². The van der Waals surface area contributed by atoms with E-state index in [0.717, 1.165) is 13.1 Å². The van der Waals surface area contributed by atoms with Crippen molar-refractivity contribution in [1.29, 1.82) is 0 Å². The van der Waals surface area contributed by atoms with Gasteiger partial charge >= 0.3 is 29.6 Å². The van der Waals surface area contributed by atoms with E-state index in [0.29, 0.717) is 0 Å². The van der Waals surface area contributed by atoms with Crippen molar-refractivity contribution < 1.29 is 39.5 Å². The molecule has 0 heterocycles. The number of carboxylic acids is 1. The molecule has 0 aromatic carbocycles. The molecule has 0 rings (SSSR count). The number of carbonyl (C=O) groups is 1. The Balaban J connectivity index is 0. The number of aliphatic carboxylic acids is 1. The van der Waals surface area contributed by atoms with E-state index in [4.69, 9.17) is 0 Å². The summed E-state index contributed by atoms with van der Waals surface area (Å²) in [7, 11) is 0. The third-order valence-corrected chi connectivity index (χ3v) is 7.68. The number of hydrogen-bond donors (Lipinski definition) is 0. The molecule has 0 aromatic rings. The van der Waals surface area contributed by atoms with Crippen molar-refractivity contribution in [2.24, 2.45) is 0 Å². The van der Waals surface area contributed by atoms with Crippen LogP contribution in [0, 0.1) is 0 Å². The Hall–Kier alpha value is 0.430. The van der Waals surface area contributed by atoms with Crippen molar-refractivity contribution in [2.45, 2.75) is 187 Å². The summed E-state index contributed by atoms with van der Waals surface area (Å²) in [4.78, 5) is 13.5. The SMILES string of the molecule is CCCCCCCCCCCCCCN(CCCCCCCCCCCCCC)C(C)CC(=O)[O-].[Na+]. The minimum atomic E-state index is -0.910. The van der Waals surface area contributed by atoms with E-state index in [2.05, 4.69) is 25.7 Å². The summed E-state index contributed by atoms with van der Waals surface area (Å²) in [6.07, 6.45) is 32.9. The zero-order valence-electron chi connectivity index (χ0n) is 25.4. The van der Waals surface area contributed by atoms with Gasteiger partial charge in [0.1, 0.15) is 0 Å². The summed E-state index contributed by atoms with van der Waals surface area (Å²) >= 11 is 0. The van der Waals surface area contributed by atoms with Crippen molar-refractivity contribution in [2.75, 3.05) is 13.1 Å². The number of unbranched alkanes of at least 4 members (excludes halogenated alkanes) is 22. The van der Waals surface area contributed by atoms with Gasteiger partial charge in [-0.2, -0.15) is 0 Å². The molecule has 1 atom stereocenters. The first kappa shape index (κ1) is 38.6. The third-order valence-electron chi connectivity index (χ3n) is 7.68. The maximum Gasteiger partial charge on any atom is 1.00 e. The summed E-state index contributed by atoms with van der Waals surface area (Å²) < 4.78 is 0. The number of carbonyl (C=O) groups excluding carboxylic acids is 1.